The standard InChI is InChI=1S/C10H8F3NO5S/c11-10(12,13)20(17,18)19-14-8(15)6-4-1-2-5(3-4)7(6)9(14)16/h4,6H,1-3H2. The highest BCUT2D eigenvalue weighted by Gasteiger charge is 2.58. The van der Waals surface area contributed by atoms with E-state index in [0.29, 0.717) is 24.8 Å². The third-order valence-electron chi connectivity index (χ3n) is 3.83. The Labute approximate surface area is 111 Å². The summed E-state index contributed by atoms with van der Waals surface area (Å²) in [5.41, 5.74) is -4.86. The van der Waals surface area contributed by atoms with E-state index in [-0.39, 0.29) is 16.6 Å². The molecule has 0 radical (unpaired) electrons. The van der Waals surface area contributed by atoms with Crippen LogP contribution < -0.4 is 0 Å². The van der Waals surface area contributed by atoms with Gasteiger partial charge in [-0.25, -0.2) is 0 Å². The fourth-order valence-corrected chi connectivity index (χ4v) is 3.44. The first-order valence-electron chi connectivity index (χ1n) is 5.74. The van der Waals surface area contributed by atoms with Gasteiger partial charge in [0, 0.05) is 5.57 Å². The molecule has 0 aromatic rings. The number of rotatable bonds is 2. The van der Waals surface area contributed by atoms with Gasteiger partial charge in [-0.3, -0.25) is 9.59 Å². The predicted molar refractivity (Wildman–Crippen MR) is 55.8 cm³/mol. The Balaban J connectivity index is 1.93. The van der Waals surface area contributed by atoms with Gasteiger partial charge in [0.05, 0.1) is 5.92 Å². The van der Waals surface area contributed by atoms with Crippen molar-refractivity contribution in [3.8, 4) is 0 Å². The lowest BCUT2D eigenvalue weighted by molar-refractivity contribution is -0.168. The first-order chi connectivity index (χ1) is 9.13. The normalized spacial score (nSPS) is 29.6. The first kappa shape index (κ1) is 13.6. The average molecular weight is 311 g/mol. The lowest BCUT2D eigenvalue weighted by Crippen LogP contribution is -2.39. The van der Waals surface area contributed by atoms with E-state index < -0.39 is 33.4 Å². The highest BCUT2D eigenvalue weighted by atomic mass is 32.2. The van der Waals surface area contributed by atoms with Gasteiger partial charge < -0.3 is 0 Å². The van der Waals surface area contributed by atoms with Crippen LogP contribution in [0.2, 0.25) is 0 Å². The van der Waals surface area contributed by atoms with Crippen molar-refractivity contribution in [3.05, 3.63) is 11.1 Å². The SMILES string of the molecule is O=C1C2=C3CCC(C3)C2C(=O)N1OS(=O)(=O)C(F)(F)F. The van der Waals surface area contributed by atoms with Gasteiger partial charge >= 0.3 is 15.6 Å². The number of hydrogen-bond acceptors (Lipinski definition) is 5. The molecule has 1 heterocycles. The monoisotopic (exact) mass is 311 g/mol. The number of carbonyl (C=O) groups is 2. The summed E-state index contributed by atoms with van der Waals surface area (Å²) in [5.74, 6) is -3.11. The minimum atomic E-state index is -6.03. The number of nitrogens with zero attached hydrogens (tertiary/aromatic N) is 1. The number of hydroxylamine groups is 2. The van der Waals surface area contributed by atoms with E-state index in [1.54, 1.807) is 0 Å². The van der Waals surface area contributed by atoms with Crippen molar-refractivity contribution in [2.24, 2.45) is 11.8 Å². The Morgan fingerprint density at radius 2 is 1.90 bits per heavy atom. The van der Waals surface area contributed by atoms with Gasteiger partial charge in [-0.1, -0.05) is 5.57 Å². The molecule has 2 atom stereocenters. The molecule has 1 aliphatic heterocycles. The summed E-state index contributed by atoms with van der Waals surface area (Å²) in [5, 5.41) is -0.264. The van der Waals surface area contributed by atoms with Gasteiger partial charge in [0.15, 0.2) is 0 Å². The molecule has 1 saturated heterocycles. The molecule has 1 saturated carbocycles. The Bertz CT molecular complexity index is 650. The maximum absolute atomic E-state index is 12.2. The van der Waals surface area contributed by atoms with Crippen molar-refractivity contribution < 1.29 is 35.5 Å². The van der Waals surface area contributed by atoms with Crippen molar-refractivity contribution >= 4 is 21.9 Å². The van der Waals surface area contributed by atoms with E-state index in [4.69, 9.17) is 0 Å². The third kappa shape index (κ3) is 1.64. The topological polar surface area (TPSA) is 80.8 Å². The van der Waals surface area contributed by atoms with E-state index >= 15 is 0 Å². The molecule has 3 aliphatic rings. The number of fused-ring (bicyclic) bond motifs is 4. The van der Waals surface area contributed by atoms with Gasteiger partial charge in [-0.05, 0) is 25.2 Å². The number of alkyl halides is 3. The van der Waals surface area contributed by atoms with Crippen LogP contribution >= 0.6 is 0 Å². The number of hydrogen-bond donors (Lipinski definition) is 0. The lowest BCUT2D eigenvalue weighted by atomic mass is 9.88. The van der Waals surface area contributed by atoms with Crippen LogP contribution in [0.5, 0.6) is 0 Å². The zero-order chi connectivity index (χ0) is 14.9. The molecule has 0 aromatic carbocycles. The smallest absolute Gasteiger partial charge is 0.271 e. The summed E-state index contributed by atoms with van der Waals surface area (Å²) >= 11 is 0. The molecule has 0 N–H and O–H groups in total. The molecule has 2 fully saturated rings. The molecule has 110 valence electrons. The van der Waals surface area contributed by atoms with Crippen LogP contribution in [0.25, 0.3) is 0 Å². The summed E-state index contributed by atoms with van der Waals surface area (Å²) in [4.78, 5) is 23.8. The summed E-state index contributed by atoms with van der Waals surface area (Å²) in [6, 6.07) is 0. The Hall–Kier alpha value is -1.42. The molecule has 3 rings (SSSR count). The summed E-state index contributed by atoms with van der Waals surface area (Å²) in [6.45, 7) is 0. The van der Waals surface area contributed by atoms with Crippen LogP contribution in [-0.2, 0) is 24.0 Å². The van der Waals surface area contributed by atoms with Crippen LogP contribution in [0.1, 0.15) is 19.3 Å². The van der Waals surface area contributed by atoms with Crippen LogP contribution in [0, 0.1) is 11.8 Å². The number of allylic oxidation sites excluding steroid dienone is 1. The molecule has 2 unspecified atom stereocenters. The third-order valence-corrected chi connectivity index (χ3v) is 4.74. The zero-order valence-electron chi connectivity index (χ0n) is 9.81. The minimum absolute atomic E-state index is 0.114. The highest BCUT2D eigenvalue weighted by molar-refractivity contribution is 7.87. The van der Waals surface area contributed by atoms with Crippen LogP contribution in [-0.4, -0.2) is 30.8 Å². The predicted octanol–water partition coefficient (Wildman–Crippen LogP) is 0.863. The Kier molecular flexibility index (Phi) is 2.59. The second-order valence-corrected chi connectivity index (χ2v) is 6.43. The highest BCUT2D eigenvalue weighted by Crippen LogP contribution is 2.52. The number of carbonyl (C=O) groups excluding carboxylic acids is 2. The van der Waals surface area contributed by atoms with E-state index in [0.717, 1.165) is 0 Å². The van der Waals surface area contributed by atoms with E-state index in [1.165, 1.54) is 0 Å². The van der Waals surface area contributed by atoms with E-state index in [2.05, 4.69) is 4.28 Å². The first-order valence-corrected chi connectivity index (χ1v) is 7.15. The van der Waals surface area contributed by atoms with Crippen LogP contribution in [0.3, 0.4) is 0 Å². The number of halogens is 3. The molecule has 2 amide bonds. The number of amides is 2. The fourth-order valence-electron chi connectivity index (χ4n) is 3.02. The maximum Gasteiger partial charge on any atom is 0.525 e. The van der Waals surface area contributed by atoms with Crippen molar-refractivity contribution in [1.82, 2.24) is 5.06 Å². The second kappa shape index (κ2) is 3.82. The molecular formula is C10H8F3NO5S. The van der Waals surface area contributed by atoms with E-state index in [9.17, 15) is 31.2 Å². The molecule has 0 spiro atoms. The van der Waals surface area contributed by atoms with Crippen LogP contribution in [0.15, 0.2) is 11.1 Å². The van der Waals surface area contributed by atoms with Crippen LogP contribution in [0.4, 0.5) is 13.2 Å². The maximum atomic E-state index is 12.2. The molecule has 20 heavy (non-hydrogen) atoms. The molecule has 10 heteroatoms. The number of imide groups is 1. The summed E-state index contributed by atoms with van der Waals surface area (Å²) in [7, 11) is -6.03. The minimum Gasteiger partial charge on any atom is -0.271 e. The van der Waals surface area contributed by atoms with Crippen molar-refractivity contribution in [2.45, 2.75) is 24.8 Å². The molecule has 6 nitrogen and oxygen atoms in total. The summed E-state index contributed by atoms with van der Waals surface area (Å²) < 4.78 is 62.1. The van der Waals surface area contributed by atoms with Gasteiger partial charge in [0.1, 0.15) is 0 Å². The van der Waals surface area contributed by atoms with Crippen molar-refractivity contribution in [3.63, 3.8) is 0 Å². The van der Waals surface area contributed by atoms with Gasteiger partial charge in [0.2, 0.25) is 0 Å². The summed E-state index contributed by atoms with van der Waals surface area (Å²) in [6.07, 6.45) is 1.84. The zero-order valence-corrected chi connectivity index (χ0v) is 10.6. The Morgan fingerprint density at radius 1 is 1.25 bits per heavy atom. The van der Waals surface area contributed by atoms with Gasteiger partial charge in [-0.15, -0.1) is 9.35 Å². The molecule has 2 bridgehead atoms. The fraction of sp³-hybridized carbons (Fsp3) is 0.600. The van der Waals surface area contributed by atoms with Gasteiger partial charge in [0.25, 0.3) is 11.8 Å². The second-order valence-electron chi connectivity index (χ2n) is 4.91. The van der Waals surface area contributed by atoms with E-state index in [1.807, 2.05) is 0 Å². The molecule has 0 aromatic heterocycles. The van der Waals surface area contributed by atoms with Crippen molar-refractivity contribution in [1.29, 1.82) is 0 Å². The quantitative estimate of drug-likeness (QED) is 0.558. The Morgan fingerprint density at radius 3 is 2.45 bits per heavy atom. The average Bonchev–Trinajstić information content (AvgIpc) is 2.97. The van der Waals surface area contributed by atoms with Crippen molar-refractivity contribution in [2.75, 3.05) is 0 Å². The molecule has 2 aliphatic carbocycles. The largest absolute Gasteiger partial charge is 0.525 e. The van der Waals surface area contributed by atoms with Gasteiger partial charge in [-0.2, -0.15) is 21.6 Å². The lowest BCUT2D eigenvalue weighted by Gasteiger charge is -2.16. The molecular weight excluding hydrogens is 303 g/mol.